The zero-order valence-electron chi connectivity index (χ0n) is 9.57. The first-order valence-electron chi connectivity index (χ1n) is 5.88. The van der Waals surface area contributed by atoms with Crippen LogP contribution in [-0.4, -0.2) is 62.2 Å². The maximum absolute atomic E-state index is 12.1. The van der Waals surface area contributed by atoms with E-state index < -0.39 is 28.2 Å². The first kappa shape index (κ1) is 13.2. The molecule has 2 aliphatic heterocycles. The standard InChI is InChI=1S/C10H19NO5S/c12-8-6-7(16-10(14)9(8)13)2-5-17(15)4-1-3-11-17/h7-10,12-14H,1-6H2/t7-,8+,9+,10+,17?/m1/s1. The maximum Gasteiger partial charge on any atom is 0.183 e. The van der Waals surface area contributed by atoms with Gasteiger partial charge in [0.1, 0.15) is 6.10 Å². The molecule has 1 saturated heterocycles. The molecule has 0 aromatic heterocycles. The number of aliphatic hydroxyl groups excluding tert-OH is 3. The highest BCUT2D eigenvalue weighted by atomic mass is 32.2. The zero-order valence-corrected chi connectivity index (χ0v) is 10.4. The molecule has 0 amide bonds. The minimum Gasteiger partial charge on any atom is -0.390 e. The van der Waals surface area contributed by atoms with Crippen LogP contribution in [0.4, 0.5) is 0 Å². The third-order valence-electron chi connectivity index (χ3n) is 3.23. The second kappa shape index (κ2) is 5.19. The van der Waals surface area contributed by atoms with Gasteiger partial charge in [-0.25, -0.2) is 8.57 Å². The van der Waals surface area contributed by atoms with Crippen LogP contribution in [0.25, 0.3) is 0 Å². The van der Waals surface area contributed by atoms with Gasteiger partial charge in [0.15, 0.2) is 6.29 Å². The van der Waals surface area contributed by atoms with Crippen molar-refractivity contribution in [1.29, 1.82) is 0 Å². The molecule has 3 N–H and O–H groups in total. The van der Waals surface area contributed by atoms with Gasteiger partial charge in [0, 0.05) is 34.2 Å². The van der Waals surface area contributed by atoms with E-state index in [1.54, 1.807) is 0 Å². The Bertz CT molecular complexity index is 367. The molecule has 1 fully saturated rings. The molecular formula is C10H19NO5S. The molecule has 0 bridgehead atoms. The van der Waals surface area contributed by atoms with E-state index in [0.29, 0.717) is 24.5 Å². The average Bonchev–Trinajstić information content (AvgIpc) is 2.71. The number of ether oxygens (including phenoxy) is 1. The van der Waals surface area contributed by atoms with E-state index >= 15 is 0 Å². The van der Waals surface area contributed by atoms with E-state index in [1.807, 2.05) is 0 Å². The number of hydrogen-bond acceptors (Lipinski definition) is 6. The molecule has 5 atom stereocenters. The van der Waals surface area contributed by atoms with E-state index in [1.165, 1.54) is 0 Å². The Morgan fingerprint density at radius 1 is 1.35 bits per heavy atom. The first-order valence-corrected chi connectivity index (χ1v) is 7.73. The van der Waals surface area contributed by atoms with Crippen LogP contribution in [0.2, 0.25) is 0 Å². The average molecular weight is 265 g/mol. The van der Waals surface area contributed by atoms with Crippen LogP contribution in [0.1, 0.15) is 19.3 Å². The Morgan fingerprint density at radius 3 is 2.71 bits per heavy atom. The molecule has 2 rings (SSSR count). The minimum absolute atomic E-state index is 0.258. The summed E-state index contributed by atoms with van der Waals surface area (Å²) in [6.45, 7) is 0.661. The lowest BCUT2D eigenvalue weighted by Crippen LogP contribution is -2.48. The Morgan fingerprint density at radius 2 is 2.12 bits per heavy atom. The predicted molar refractivity (Wildman–Crippen MR) is 61.9 cm³/mol. The van der Waals surface area contributed by atoms with E-state index in [0.717, 1.165) is 6.42 Å². The lowest BCUT2D eigenvalue weighted by molar-refractivity contribution is -0.246. The maximum atomic E-state index is 12.1. The third-order valence-corrected chi connectivity index (χ3v) is 5.68. The molecule has 0 saturated carbocycles. The monoisotopic (exact) mass is 265 g/mol. The van der Waals surface area contributed by atoms with Gasteiger partial charge in [0.25, 0.3) is 0 Å². The highest BCUT2D eigenvalue weighted by Crippen LogP contribution is 2.22. The molecule has 1 unspecified atom stereocenters. The molecule has 2 aliphatic rings. The summed E-state index contributed by atoms with van der Waals surface area (Å²) >= 11 is 0. The Labute approximate surface area is 101 Å². The number of nitrogens with zero attached hydrogens (tertiary/aromatic N) is 1. The first-order chi connectivity index (χ1) is 8.00. The third kappa shape index (κ3) is 3.17. The molecule has 0 aromatic carbocycles. The van der Waals surface area contributed by atoms with Gasteiger partial charge < -0.3 is 20.1 Å². The van der Waals surface area contributed by atoms with Gasteiger partial charge in [0.05, 0.1) is 12.2 Å². The zero-order chi connectivity index (χ0) is 12.5. The van der Waals surface area contributed by atoms with E-state index in [4.69, 9.17) is 4.74 Å². The van der Waals surface area contributed by atoms with Crippen molar-refractivity contribution in [1.82, 2.24) is 0 Å². The van der Waals surface area contributed by atoms with E-state index in [9.17, 15) is 19.5 Å². The van der Waals surface area contributed by atoms with E-state index in [-0.39, 0.29) is 12.5 Å². The number of hydrogen-bond donors (Lipinski definition) is 3. The second-order valence-corrected chi connectivity index (χ2v) is 7.24. The van der Waals surface area contributed by atoms with Crippen LogP contribution in [0.15, 0.2) is 4.36 Å². The largest absolute Gasteiger partial charge is 0.390 e. The number of aliphatic hydroxyl groups is 3. The quantitative estimate of drug-likeness (QED) is 0.613. The van der Waals surface area contributed by atoms with Crippen LogP contribution in [0.5, 0.6) is 0 Å². The molecule has 7 heteroatoms. The smallest absolute Gasteiger partial charge is 0.183 e. The van der Waals surface area contributed by atoms with Crippen molar-refractivity contribution in [2.45, 2.75) is 43.9 Å². The highest BCUT2D eigenvalue weighted by molar-refractivity contribution is 7.93. The summed E-state index contributed by atoms with van der Waals surface area (Å²) in [5.74, 6) is 1.07. The van der Waals surface area contributed by atoms with Crippen LogP contribution < -0.4 is 0 Å². The fraction of sp³-hybridized carbons (Fsp3) is 1.00. The minimum atomic E-state index is -2.08. The van der Waals surface area contributed by atoms with Crippen molar-refractivity contribution in [3.63, 3.8) is 0 Å². The van der Waals surface area contributed by atoms with Crippen molar-refractivity contribution in [2.24, 2.45) is 4.36 Å². The predicted octanol–water partition coefficient (Wildman–Crippen LogP) is -0.923. The summed E-state index contributed by atoms with van der Waals surface area (Å²) in [5, 5.41) is 28.1. The van der Waals surface area contributed by atoms with Crippen molar-refractivity contribution in [3.8, 4) is 0 Å². The van der Waals surface area contributed by atoms with Crippen LogP contribution in [0, 0.1) is 0 Å². The van der Waals surface area contributed by atoms with Crippen molar-refractivity contribution < 1.29 is 24.3 Å². The fourth-order valence-electron chi connectivity index (χ4n) is 2.19. The molecule has 0 spiro atoms. The van der Waals surface area contributed by atoms with Crippen molar-refractivity contribution in [2.75, 3.05) is 18.1 Å². The summed E-state index contributed by atoms with van der Waals surface area (Å²) in [6, 6.07) is 0. The van der Waals surface area contributed by atoms with Crippen LogP contribution in [-0.2, 0) is 14.5 Å². The molecule has 6 nitrogen and oxygen atoms in total. The van der Waals surface area contributed by atoms with Gasteiger partial charge in [-0.1, -0.05) is 0 Å². The Hall–Kier alpha value is -0.210. The lowest BCUT2D eigenvalue weighted by atomic mass is 10.0. The van der Waals surface area contributed by atoms with Gasteiger partial charge in [-0.05, 0) is 12.8 Å². The summed E-state index contributed by atoms with van der Waals surface area (Å²) in [4.78, 5) is 0. The van der Waals surface area contributed by atoms with Gasteiger partial charge in [-0.3, -0.25) is 0 Å². The van der Waals surface area contributed by atoms with Crippen molar-refractivity contribution >= 4 is 9.73 Å². The molecule has 2 heterocycles. The van der Waals surface area contributed by atoms with Crippen LogP contribution >= 0.6 is 0 Å². The Kier molecular flexibility index (Phi) is 4.04. The summed E-state index contributed by atoms with van der Waals surface area (Å²) < 4.78 is 21.3. The number of rotatable bonds is 3. The lowest BCUT2D eigenvalue weighted by Gasteiger charge is -2.34. The van der Waals surface area contributed by atoms with Crippen molar-refractivity contribution in [3.05, 3.63) is 0 Å². The molecule has 0 radical (unpaired) electrons. The van der Waals surface area contributed by atoms with Crippen LogP contribution in [0.3, 0.4) is 0 Å². The second-order valence-electron chi connectivity index (χ2n) is 4.62. The van der Waals surface area contributed by atoms with Gasteiger partial charge >= 0.3 is 0 Å². The normalized spacial score (nSPS) is 46.8. The summed E-state index contributed by atoms with van der Waals surface area (Å²) in [6.07, 6.45) is -2.34. The fourth-order valence-corrected chi connectivity index (χ4v) is 4.32. The topological polar surface area (TPSA) is 99.4 Å². The summed E-state index contributed by atoms with van der Waals surface area (Å²) in [5.41, 5.74) is 0. The molecule has 100 valence electrons. The van der Waals surface area contributed by atoms with E-state index in [2.05, 4.69) is 4.36 Å². The van der Waals surface area contributed by atoms with Gasteiger partial charge in [0.2, 0.25) is 0 Å². The summed E-state index contributed by atoms with van der Waals surface area (Å²) in [7, 11) is -2.08. The molecule has 0 aliphatic carbocycles. The van der Waals surface area contributed by atoms with Gasteiger partial charge in [-0.15, -0.1) is 0 Å². The van der Waals surface area contributed by atoms with Gasteiger partial charge in [-0.2, -0.15) is 0 Å². The SMILES string of the molecule is O=S1(CC[C@@H]2C[C@H](O)[C@H](O)[C@@H](O)O2)=NCCC1. The highest BCUT2D eigenvalue weighted by Gasteiger charge is 2.35. The molecule has 17 heavy (non-hydrogen) atoms. The molecular weight excluding hydrogens is 246 g/mol. The molecule has 0 aromatic rings. The Balaban J connectivity index is 1.86.